The van der Waals surface area contributed by atoms with Crippen molar-refractivity contribution < 1.29 is 14.7 Å². The molecule has 0 fully saturated rings. The van der Waals surface area contributed by atoms with Gasteiger partial charge in [-0.2, -0.15) is 0 Å². The van der Waals surface area contributed by atoms with Crippen LogP contribution in [0.1, 0.15) is 18.4 Å². The summed E-state index contributed by atoms with van der Waals surface area (Å²) >= 11 is 0. The summed E-state index contributed by atoms with van der Waals surface area (Å²) in [6.45, 7) is 1.73. The van der Waals surface area contributed by atoms with Crippen molar-refractivity contribution in [2.75, 3.05) is 0 Å². The lowest BCUT2D eigenvalue weighted by Crippen LogP contribution is -2.46. The topological polar surface area (TPSA) is 92.4 Å². The Labute approximate surface area is 93.3 Å². The quantitative estimate of drug-likeness (QED) is 0.707. The van der Waals surface area contributed by atoms with Crippen LogP contribution >= 0.6 is 0 Å². The molecule has 1 rings (SSSR count). The normalized spacial score (nSPS) is 13.8. The van der Waals surface area contributed by atoms with Gasteiger partial charge in [0.2, 0.25) is 0 Å². The number of primary amides is 1. The van der Waals surface area contributed by atoms with Crippen LogP contribution in [-0.4, -0.2) is 23.1 Å². The second kappa shape index (κ2) is 5.16. The third-order valence-corrected chi connectivity index (χ3v) is 2.39. The number of carbonyl (C=O) groups is 2. The highest BCUT2D eigenvalue weighted by Crippen LogP contribution is 2.18. The molecule has 0 heterocycles. The number of carboxylic acids is 1. The minimum atomic E-state index is -1.10. The molecular formula is C11H14N2O3. The van der Waals surface area contributed by atoms with Gasteiger partial charge < -0.3 is 16.2 Å². The summed E-state index contributed by atoms with van der Waals surface area (Å²) in [5.74, 6) is -1.44. The molecule has 2 amide bonds. The average Bonchev–Trinajstić information content (AvgIpc) is 2.25. The van der Waals surface area contributed by atoms with Crippen LogP contribution in [0.5, 0.6) is 0 Å². The van der Waals surface area contributed by atoms with Crippen molar-refractivity contribution in [2.45, 2.75) is 18.9 Å². The highest BCUT2D eigenvalue weighted by molar-refractivity contribution is 5.82. The molecule has 0 bridgehead atoms. The monoisotopic (exact) mass is 222 g/mol. The lowest BCUT2D eigenvalue weighted by atomic mass is 9.93. The van der Waals surface area contributed by atoms with Crippen LogP contribution in [0.25, 0.3) is 0 Å². The number of urea groups is 1. The first kappa shape index (κ1) is 12.0. The van der Waals surface area contributed by atoms with Crippen molar-refractivity contribution in [3.63, 3.8) is 0 Å². The number of hydrogen-bond acceptors (Lipinski definition) is 2. The predicted octanol–water partition coefficient (Wildman–Crippen LogP) is 0.912. The molecule has 0 aliphatic rings. The first-order chi connectivity index (χ1) is 7.52. The van der Waals surface area contributed by atoms with E-state index in [1.807, 2.05) is 30.3 Å². The highest BCUT2D eigenvalue weighted by atomic mass is 16.4. The van der Waals surface area contributed by atoms with Gasteiger partial charge in [0, 0.05) is 5.92 Å². The minimum Gasteiger partial charge on any atom is -0.480 e. The number of nitrogens with two attached hydrogens (primary N) is 1. The van der Waals surface area contributed by atoms with Gasteiger partial charge in [-0.3, -0.25) is 0 Å². The van der Waals surface area contributed by atoms with Gasteiger partial charge >= 0.3 is 12.0 Å². The Bertz CT molecular complexity index is 378. The van der Waals surface area contributed by atoms with Crippen LogP contribution < -0.4 is 11.1 Å². The van der Waals surface area contributed by atoms with Crippen molar-refractivity contribution in [1.82, 2.24) is 5.32 Å². The van der Waals surface area contributed by atoms with Crippen LogP contribution in [0, 0.1) is 0 Å². The molecule has 1 aromatic carbocycles. The van der Waals surface area contributed by atoms with Crippen LogP contribution in [0.3, 0.4) is 0 Å². The Morgan fingerprint density at radius 3 is 2.31 bits per heavy atom. The summed E-state index contributed by atoms with van der Waals surface area (Å²) < 4.78 is 0. The second-order valence-electron chi connectivity index (χ2n) is 3.52. The molecule has 0 saturated heterocycles. The van der Waals surface area contributed by atoms with Crippen molar-refractivity contribution in [3.05, 3.63) is 35.9 Å². The molecule has 4 N–H and O–H groups in total. The molecule has 0 radical (unpaired) electrons. The fourth-order valence-electron chi connectivity index (χ4n) is 1.50. The maximum atomic E-state index is 11.0. The summed E-state index contributed by atoms with van der Waals surface area (Å²) in [4.78, 5) is 21.7. The molecule has 5 heteroatoms. The standard InChI is InChI=1S/C11H14N2O3/c1-7(8-5-3-2-4-6-8)9(10(14)15)13-11(12)16/h2-7,9H,1H3,(H,14,15)(H3,12,13,16)/t7-,9-/m0/s1. The molecule has 2 atom stereocenters. The number of carboxylic acid groups (broad SMARTS) is 1. The molecule has 1 aromatic rings. The zero-order valence-electron chi connectivity index (χ0n) is 8.88. The van der Waals surface area contributed by atoms with Crippen molar-refractivity contribution in [2.24, 2.45) is 5.73 Å². The van der Waals surface area contributed by atoms with Gasteiger partial charge in [-0.25, -0.2) is 9.59 Å². The maximum absolute atomic E-state index is 11.0. The van der Waals surface area contributed by atoms with Crippen LogP contribution in [0.2, 0.25) is 0 Å². The maximum Gasteiger partial charge on any atom is 0.326 e. The largest absolute Gasteiger partial charge is 0.480 e. The Balaban J connectivity index is 2.87. The smallest absolute Gasteiger partial charge is 0.326 e. The molecule has 86 valence electrons. The summed E-state index contributed by atoms with van der Waals surface area (Å²) in [6, 6.07) is 7.24. The number of aliphatic carboxylic acids is 1. The summed E-state index contributed by atoms with van der Waals surface area (Å²) in [5.41, 5.74) is 5.77. The lowest BCUT2D eigenvalue weighted by molar-refractivity contribution is -0.139. The third kappa shape index (κ3) is 2.98. The number of carbonyl (C=O) groups excluding carboxylic acids is 1. The van der Waals surface area contributed by atoms with Crippen LogP contribution in [0.15, 0.2) is 30.3 Å². The van der Waals surface area contributed by atoms with Gasteiger partial charge in [0.15, 0.2) is 0 Å². The van der Waals surface area contributed by atoms with Gasteiger partial charge in [0.05, 0.1) is 0 Å². The van der Waals surface area contributed by atoms with E-state index in [0.717, 1.165) is 5.56 Å². The van der Waals surface area contributed by atoms with E-state index in [1.165, 1.54) is 0 Å². The Morgan fingerprint density at radius 2 is 1.88 bits per heavy atom. The molecule has 0 aliphatic carbocycles. The molecule has 0 aromatic heterocycles. The predicted molar refractivity (Wildman–Crippen MR) is 59.0 cm³/mol. The molecule has 0 unspecified atom stereocenters. The summed E-state index contributed by atoms with van der Waals surface area (Å²) in [6.07, 6.45) is 0. The summed E-state index contributed by atoms with van der Waals surface area (Å²) in [5, 5.41) is 11.2. The van der Waals surface area contributed by atoms with Gasteiger partial charge in [-0.1, -0.05) is 37.3 Å². The SMILES string of the molecule is C[C@@H](c1ccccc1)[C@H](NC(N)=O)C(=O)O. The van der Waals surface area contributed by atoms with Gasteiger partial charge in [-0.15, -0.1) is 0 Å². The van der Waals surface area contributed by atoms with E-state index in [1.54, 1.807) is 6.92 Å². The van der Waals surface area contributed by atoms with Gasteiger partial charge in [0.25, 0.3) is 0 Å². The Kier molecular flexibility index (Phi) is 3.88. The minimum absolute atomic E-state index is 0.341. The molecule has 0 saturated carbocycles. The van der Waals surface area contributed by atoms with Gasteiger partial charge in [-0.05, 0) is 5.56 Å². The molecule has 16 heavy (non-hydrogen) atoms. The number of nitrogens with one attached hydrogen (secondary N) is 1. The highest BCUT2D eigenvalue weighted by Gasteiger charge is 2.26. The molecular weight excluding hydrogens is 208 g/mol. The molecule has 5 nitrogen and oxygen atoms in total. The first-order valence-corrected chi connectivity index (χ1v) is 4.86. The van der Waals surface area contributed by atoms with E-state index in [-0.39, 0.29) is 5.92 Å². The number of benzene rings is 1. The third-order valence-electron chi connectivity index (χ3n) is 2.39. The fraction of sp³-hybridized carbons (Fsp3) is 0.273. The summed E-state index contributed by atoms with van der Waals surface area (Å²) in [7, 11) is 0. The molecule has 0 aliphatic heterocycles. The average molecular weight is 222 g/mol. The Hall–Kier alpha value is -2.04. The van der Waals surface area contributed by atoms with E-state index in [4.69, 9.17) is 10.8 Å². The lowest BCUT2D eigenvalue weighted by Gasteiger charge is -2.20. The van der Waals surface area contributed by atoms with E-state index in [9.17, 15) is 9.59 Å². The zero-order chi connectivity index (χ0) is 12.1. The van der Waals surface area contributed by atoms with E-state index in [0.29, 0.717) is 0 Å². The molecule has 0 spiro atoms. The second-order valence-corrected chi connectivity index (χ2v) is 3.52. The zero-order valence-corrected chi connectivity index (χ0v) is 8.88. The van der Waals surface area contributed by atoms with Crippen LogP contribution in [-0.2, 0) is 4.79 Å². The van der Waals surface area contributed by atoms with Crippen molar-refractivity contribution in [3.8, 4) is 0 Å². The van der Waals surface area contributed by atoms with Crippen molar-refractivity contribution in [1.29, 1.82) is 0 Å². The number of amides is 2. The number of rotatable bonds is 4. The van der Waals surface area contributed by atoms with E-state index in [2.05, 4.69) is 5.32 Å². The van der Waals surface area contributed by atoms with Crippen molar-refractivity contribution >= 4 is 12.0 Å². The van der Waals surface area contributed by atoms with Gasteiger partial charge in [0.1, 0.15) is 6.04 Å². The van der Waals surface area contributed by atoms with E-state index >= 15 is 0 Å². The Morgan fingerprint density at radius 1 is 1.31 bits per heavy atom. The first-order valence-electron chi connectivity index (χ1n) is 4.86. The fourth-order valence-corrected chi connectivity index (χ4v) is 1.50. The number of hydrogen-bond donors (Lipinski definition) is 3. The van der Waals surface area contributed by atoms with E-state index < -0.39 is 18.0 Å². The van der Waals surface area contributed by atoms with Crippen LogP contribution in [0.4, 0.5) is 4.79 Å².